The number of allylic oxidation sites excluding steroid dienone is 2. The molecule has 31 heavy (non-hydrogen) atoms. The van der Waals surface area contributed by atoms with Crippen LogP contribution in [0.5, 0.6) is 0 Å². The summed E-state index contributed by atoms with van der Waals surface area (Å²) in [5, 5.41) is 7.45. The molecule has 2 aromatic rings. The predicted molar refractivity (Wildman–Crippen MR) is 112 cm³/mol. The standard InChI is InChI=1S/C21H21FN2O.C4H6F2/c1-20(2)9-13-8-17-16(11-23-24-17)21(19(13)18(25)10-20)6-5-12-7-14(22)3-4-15(12)21;5-4(6)2-1-3-4/h3-4,7,11H,5-6,8-10H2,1-2H3,(H,23,24);1-3H2. The summed E-state index contributed by atoms with van der Waals surface area (Å²) in [5.74, 6) is -2.22. The number of hydrogen-bond donors (Lipinski definition) is 1. The largest absolute Gasteiger partial charge is 0.294 e. The van der Waals surface area contributed by atoms with Gasteiger partial charge in [0, 0.05) is 42.5 Å². The minimum atomic E-state index is -2.28. The molecule has 1 spiro atoms. The summed E-state index contributed by atoms with van der Waals surface area (Å²) in [4.78, 5) is 13.3. The van der Waals surface area contributed by atoms with Gasteiger partial charge in [-0.25, -0.2) is 13.2 Å². The third kappa shape index (κ3) is 3.26. The Balaban J connectivity index is 0.000000296. The van der Waals surface area contributed by atoms with Crippen molar-refractivity contribution in [2.45, 2.75) is 76.6 Å². The summed E-state index contributed by atoms with van der Waals surface area (Å²) in [6, 6.07) is 5.05. The lowest BCUT2D eigenvalue weighted by Gasteiger charge is -2.43. The molecule has 0 saturated heterocycles. The Morgan fingerprint density at radius 3 is 2.48 bits per heavy atom. The first-order valence-electron chi connectivity index (χ1n) is 11.1. The molecule has 4 aliphatic carbocycles. The van der Waals surface area contributed by atoms with Gasteiger partial charge in [-0.15, -0.1) is 0 Å². The molecule has 1 fully saturated rings. The zero-order chi connectivity index (χ0) is 22.0. The van der Waals surface area contributed by atoms with Crippen molar-refractivity contribution in [1.82, 2.24) is 10.2 Å². The molecule has 0 radical (unpaired) electrons. The molecular formula is C25H27F3N2O. The number of fused-ring (bicyclic) bond motifs is 5. The molecule has 1 N–H and O–H groups in total. The smallest absolute Gasteiger partial charge is 0.248 e. The Kier molecular flexibility index (Phi) is 4.51. The Bertz CT molecular complexity index is 1090. The van der Waals surface area contributed by atoms with Crippen LogP contribution < -0.4 is 0 Å². The summed E-state index contributed by atoms with van der Waals surface area (Å²) < 4.78 is 36.8. The topological polar surface area (TPSA) is 45.8 Å². The van der Waals surface area contributed by atoms with Crippen LogP contribution in [0.1, 0.15) is 74.8 Å². The van der Waals surface area contributed by atoms with Crippen molar-refractivity contribution in [3.63, 3.8) is 0 Å². The molecule has 1 aromatic carbocycles. The molecule has 1 unspecified atom stereocenters. The predicted octanol–water partition coefficient (Wildman–Crippen LogP) is 5.83. The number of alkyl halides is 2. The van der Waals surface area contributed by atoms with Crippen molar-refractivity contribution in [2.24, 2.45) is 5.41 Å². The number of H-pyrrole nitrogens is 1. The number of aromatic amines is 1. The van der Waals surface area contributed by atoms with Crippen molar-refractivity contribution in [3.8, 4) is 0 Å². The number of aryl methyl sites for hydroxylation is 1. The van der Waals surface area contributed by atoms with Gasteiger partial charge < -0.3 is 0 Å². The second-order valence-corrected chi connectivity index (χ2v) is 10.3. The van der Waals surface area contributed by atoms with E-state index in [9.17, 15) is 18.0 Å². The maximum absolute atomic E-state index is 13.8. The second-order valence-electron chi connectivity index (χ2n) is 10.3. The van der Waals surface area contributed by atoms with Crippen LogP contribution in [-0.4, -0.2) is 21.9 Å². The number of benzene rings is 1. The van der Waals surface area contributed by atoms with Gasteiger partial charge in [0.15, 0.2) is 5.78 Å². The number of halogens is 3. The Morgan fingerprint density at radius 1 is 1.06 bits per heavy atom. The zero-order valence-corrected chi connectivity index (χ0v) is 18.0. The van der Waals surface area contributed by atoms with Crippen LogP contribution in [0.4, 0.5) is 13.2 Å². The number of hydrogen-bond acceptors (Lipinski definition) is 2. The highest BCUT2D eigenvalue weighted by atomic mass is 19.3. The molecule has 1 atom stereocenters. The lowest BCUT2D eigenvalue weighted by molar-refractivity contribution is -0.118. The summed E-state index contributed by atoms with van der Waals surface area (Å²) >= 11 is 0. The van der Waals surface area contributed by atoms with Gasteiger partial charge in [0.1, 0.15) is 5.82 Å². The summed E-state index contributed by atoms with van der Waals surface area (Å²) in [5.41, 5.74) is 6.13. The van der Waals surface area contributed by atoms with Gasteiger partial charge in [-0.3, -0.25) is 9.89 Å². The summed E-state index contributed by atoms with van der Waals surface area (Å²) in [7, 11) is 0. The maximum atomic E-state index is 13.8. The van der Waals surface area contributed by atoms with Gasteiger partial charge in [-0.1, -0.05) is 25.5 Å². The van der Waals surface area contributed by atoms with Crippen molar-refractivity contribution in [2.75, 3.05) is 0 Å². The van der Waals surface area contributed by atoms with E-state index in [4.69, 9.17) is 0 Å². The lowest BCUT2D eigenvalue weighted by Crippen LogP contribution is -2.41. The fourth-order valence-corrected chi connectivity index (χ4v) is 5.93. The quantitative estimate of drug-likeness (QED) is 0.574. The van der Waals surface area contributed by atoms with Crippen LogP contribution in [0.15, 0.2) is 35.5 Å². The van der Waals surface area contributed by atoms with E-state index in [1.807, 2.05) is 12.3 Å². The highest BCUT2D eigenvalue weighted by Gasteiger charge is 2.53. The Morgan fingerprint density at radius 2 is 1.81 bits per heavy atom. The number of ketones is 1. The van der Waals surface area contributed by atoms with Crippen LogP contribution in [0, 0.1) is 11.2 Å². The second kappa shape index (κ2) is 6.81. The first-order chi connectivity index (χ1) is 14.6. The van der Waals surface area contributed by atoms with Crippen molar-refractivity contribution < 1.29 is 18.0 Å². The van der Waals surface area contributed by atoms with Gasteiger partial charge in [-0.05, 0) is 54.4 Å². The molecule has 0 bridgehead atoms. The van der Waals surface area contributed by atoms with E-state index in [1.54, 1.807) is 6.07 Å². The van der Waals surface area contributed by atoms with E-state index in [2.05, 4.69) is 24.0 Å². The van der Waals surface area contributed by atoms with E-state index in [-0.39, 0.29) is 29.9 Å². The first kappa shape index (κ1) is 20.5. The van der Waals surface area contributed by atoms with Crippen LogP contribution in [0.2, 0.25) is 0 Å². The normalized spacial score (nSPS) is 27.1. The molecule has 1 aromatic heterocycles. The zero-order valence-electron chi connectivity index (χ0n) is 18.0. The molecule has 6 heteroatoms. The van der Waals surface area contributed by atoms with E-state index >= 15 is 0 Å². The van der Waals surface area contributed by atoms with Crippen LogP contribution >= 0.6 is 0 Å². The molecule has 1 heterocycles. The van der Waals surface area contributed by atoms with E-state index in [0.717, 1.165) is 53.6 Å². The van der Waals surface area contributed by atoms with Crippen molar-refractivity contribution in [1.29, 1.82) is 0 Å². The fraction of sp³-hybridized carbons (Fsp3) is 0.520. The van der Waals surface area contributed by atoms with Gasteiger partial charge in [0.2, 0.25) is 5.92 Å². The number of carbonyl (C=O) groups excluding carboxylic acids is 1. The van der Waals surface area contributed by atoms with E-state index < -0.39 is 11.3 Å². The van der Waals surface area contributed by atoms with Crippen molar-refractivity contribution in [3.05, 3.63) is 63.7 Å². The highest BCUT2D eigenvalue weighted by Crippen LogP contribution is 2.57. The Hall–Kier alpha value is -2.37. The molecule has 0 amide bonds. The van der Waals surface area contributed by atoms with E-state index in [1.165, 1.54) is 11.6 Å². The van der Waals surface area contributed by atoms with Crippen LogP contribution in [-0.2, 0) is 23.1 Å². The lowest BCUT2D eigenvalue weighted by atomic mass is 9.58. The third-order valence-electron chi connectivity index (χ3n) is 7.34. The van der Waals surface area contributed by atoms with Gasteiger partial charge in [0.05, 0.1) is 11.6 Å². The highest BCUT2D eigenvalue weighted by molar-refractivity contribution is 6.02. The first-order valence-corrected chi connectivity index (χ1v) is 11.1. The monoisotopic (exact) mass is 428 g/mol. The van der Waals surface area contributed by atoms with Crippen LogP contribution in [0.3, 0.4) is 0 Å². The number of carbonyl (C=O) groups is 1. The van der Waals surface area contributed by atoms with Gasteiger partial charge >= 0.3 is 0 Å². The van der Waals surface area contributed by atoms with Crippen molar-refractivity contribution >= 4 is 5.78 Å². The number of nitrogens with one attached hydrogen (secondary N) is 1. The van der Waals surface area contributed by atoms with E-state index in [0.29, 0.717) is 12.8 Å². The number of rotatable bonds is 0. The van der Waals surface area contributed by atoms with Gasteiger partial charge in [0.25, 0.3) is 0 Å². The maximum Gasteiger partial charge on any atom is 0.248 e. The molecule has 3 nitrogen and oxygen atoms in total. The molecule has 4 aliphatic rings. The minimum Gasteiger partial charge on any atom is -0.294 e. The summed E-state index contributed by atoms with van der Waals surface area (Å²) in [6.45, 7) is 4.34. The molecule has 1 saturated carbocycles. The number of aromatic nitrogens is 2. The molecule has 6 rings (SSSR count). The summed E-state index contributed by atoms with van der Waals surface area (Å²) in [6.07, 6.45) is 6.74. The molecular weight excluding hydrogens is 401 g/mol. The number of nitrogens with zero attached hydrogens (tertiary/aromatic N) is 1. The fourth-order valence-electron chi connectivity index (χ4n) is 5.93. The minimum absolute atomic E-state index is 0.00113. The average molecular weight is 428 g/mol. The van der Waals surface area contributed by atoms with Crippen LogP contribution in [0.25, 0.3) is 0 Å². The number of Topliss-reactive ketones (excluding diaryl/α,β-unsaturated/α-hetero) is 1. The molecule has 164 valence electrons. The SMILES string of the molecule is CC1(C)CC(=O)C2=C(Cc3[nH]ncc3C23CCc2cc(F)ccc23)C1.FC1(F)CCC1. The Labute approximate surface area is 180 Å². The van der Waals surface area contributed by atoms with Gasteiger partial charge in [-0.2, -0.15) is 5.10 Å². The average Bonchev–Trinajstić information content (AvgIpc) is 3.25. The molecule has 0 aliphatic heterocycles. The third-order valence-corrected chi connectivity index (χ3v) is 7.34.